The van der Waals surface area contributed by atoms with Crippen LogP contribution in [0.1, 0.15) is 28.9 Å². The Balaban J connectivity index is 1.68. The number of aliphatic hydroxyl groups is 1. The van der Waals surface area contributed by atoms with Crippen molar-refractivity contribution in [2.45, 2.75) is 25.2 Å². The van der Waals surface area contributed by atoms with Gasteiger partial charge in [-0.2, -0.15) is 23.3 Å². The molecule has 0 radical (unpaired) electrons. The average molecular weight is 401 g/mol. The molecule has 0 amide bonds. The van der Waals surface area contributed by atoms with Crippen molar-refractivity contribution in [3.05, 3.63) is 74.7 Å². The summed E-state index contributed by atoms with van der Waals surface area (Å²) < 4.78 is 43.7. The number of benzene rings is 1. The molecule has 2 aromatic heterocycles. The summed E-state index contributed by atoms with van der Waals surface area (Å²) in [5.41, 5.74) is -1.05. The number of alkyl halides is 3. The fourth-order valence-corrected chi connectivity index (χ4v) is 2.44. The topological polar surface area (TPSA) is 94.0 Å². The van der Waals surface area contributed by atoms with Crippen molar-refractivity contribution in [3.8, 4) is 0 Å². The number of hydrogen-bond acceptors (Lipinski definition) is 6. The molecule has 3 aromatic rings. The second-order valence-electron chi connectivity index (χ2n) is 5.59. The van der Waals surface area contributed by atoms with Crippen molar-refractivity contribution < 1.29 is 22.8 Å². The highest BCUT2D eigenvalue weighted by atomic mass is 35.5. The second kappa shape index (κ2) is 7.49. The van der Waals surface area contributed by atoms with Gasteiger partial charge in [0.05, 0.1) is 11.7 Å². The van der Waals surface area contributed by atoms with E-state index in [-0.39, 0.29) is 35.3 Å². The van der Waals surface area contributed by atoms with Crippen LogP contribution in [-0.2, 0) is 19.1 Å². The lowest BCUT2D eigenvalue weighted by Crippen LogP contribution is -2.23. The van der Waals surface area contributed by atoms with E-state index in [4.69, 9.17) is 16.1 Å². The van der Waals surface area contributed by atoms with Crippen LogP contribution >= 0.6 is 11.6 Å². The molecule has 1 atom stereocenters. The van der Waals surface area contributed by atoms with Crippen LogP contribution in [0.5, 0.6) is 0 Å². The maximum Gasteiger partial charge on any atom is 0.416 e. The molecule has 1 N–H and O–H groups in total. The highest BCUT2D eigenvalue weighted by Gasteiger charge is 2.30. The third-order valence-electron chi connectivity index (χ3n) is 3.66. The Hall–Kier alpha value is -2.72. The van der Waals surface area contributed by atoms with E-state index in [1.54, 1.807) is 0 Å². The molecule has 0 spiro atoms. The van der Waals surface area contributed by atoms with Crippen molar-refractivity contribution in [1.29, 1.82) is 0 Å². The first-order valence-electron chi connectivity index (χ1n) is 7.62. The first-order chi connectivity index (χ1) is 12.7. The van der Waals surface area contributed by atoms with Crippen molar-refractivity contribution in [2.24, 2.45) is 0 Å². The summed E-state index contributed by atoms with van der Waals surface area (Å²) in [6, 6.07) is 5.49. The summed E-state index contributed by atoms with van der Waals surface area (Å²) in [6.45, 7) is -0.108. The molecule has 27 heavy (non-hydrogen) atoms. The van der Waals surface area contributed by atoms with E-state index >= 15 is 0 Å². The fourth-order valence-electron chi connectivity index (χ4n) is 2.29. The Morgan fingerprint density at radius 2 is 1.93 bits per heavy atom. The lowest BCUT2D eigenvalue weighted by atomic mass is 10.0. The van der Waals surface area contributed by atoms with Gasteiger partial charge >= 0.3 is 6.18 Å². The molecule has 0 aliphatic rings. The molecule has 3 rings (SSSR count). The lowest BCUT2D eigenvalue weighted by molar-refractivity contribution is -0.137. The van der Waals surface area contributed by atoms with Crippen molar-refractivity contribution in [3.63, 3.8) is 0 Å². The molecule has 0 aliphatic carbocycles. The summed E-state index contributed by atoms with van der Waals surface area (Å²) in [5.74, 6) is 0.203. The summed E-state index contributed by atoms with van der Waals surface area (Å²) in [7, 11) is 0. The standard InChI is InChI=1S/C16H12ClF3N4O3/c17-11-5-6-21-24(15(11)26)8-14-22-13(23-27-14)7-12(25)9-1-3-10(4-2-9)16(18,19)20/h1-6,12,25H,7-8H2/t12-/m0/s1. The number of aromatic nitrogens is 4. The first-order valence-corrected chi connectivity index (χ1v) is 8.00. The minimum atomic E-state index is -4.45. The van der Waals surface area contributed by atoms with E-state index in [0.717, 1.165) is 16.8 Å². The first kappa shape index (κ1) is 19.1. The summed E-state index contributed by atoms with van der Waals surface area (Å²) in [6.07, 6.45) is -4.30. The Bertz CT molecular complexity index is 986. The van der Waals surface area contributed by atoms with E-state index in [1.807, 2.05) is 0 Å². The van der Waals surface area contributed by atoms with Crippen molar-refractivity contribution in [1.82, 2.24) is 19.9 Å². The second-order valence-corrected chi connectivity index (χ2v) is 5.99. The van der Waals surface area contributed by atoms with E-state index in [0.29, 0.717) is 0 Å². The van der Waals surface area contributed by atoms with E-state index in [9.17, 15) is 23.1 Å². The quantitative estimate of drug-likeness (QED) is 0.707. The van der Waals surface area contributed by atoms with Gasteiger partial charge in [0, 0.05) is 12.6 Å². The van der Waals surface area contributed by atoms with Gasteiger partial charge in [0.15, 0.2) is 5.82 Å². The molecular formula is C16H12ClF3N4O3. The van der Waals surface area contributed by atoms with Crippen LogP contribution in [0.4, 0.5) is 13.2 Å². The van der Waals surface area contributed by atoms with Gasteiger partial charge < -0.3 is 9.63 Å². The predicted octanol–water partition coefficient (Wildman–Crippen LogP) is 2.62. The third-order valence-corrected chi connectivity index (χ3v) is 3.95. The van der Waals surface area contributed by atoms with Crippen LogP contribution < -0.4 is 5.56 Å². The number of nitrogens with zero attached hydrogens (tertiary/aromatic N) is 4. The maximum atomic E-state index is 12.6. The molecule has 0 bridgehead atoms. The van der Waals surface area contributed by atoms with Gasteiger partial charge in [0.2, 0.25) is 5.89 Å². The lowest BCUT2D eigenvalue weighted by Gasteiger charge is -2.11. The van der Waals surface area contributed by atoms with Gasteiger partial charge in [-0.25, -0.2) is 4.68 Å². The van der Waals surface area contributed by atoms with Gasteiger partial charge in [0.25, 0.3) is 5.56 Å². The zero-order valence-electron chi connectivity index (χ0n) is 13.5. The monoisotopic (exact) mass is 400 g/mol. The van der Waals surface area contributed by atoms with Gasteiger partial charge in [0.1, 0.15) is 11.6 Å². The van der Waals surface area contributed by atoms with E-state index in [2.05, 4.69) is 15.2 Å². The van der Waals surface area contributed by atoms with E-state index in [1.165, 1.54) is 24.4 Å². The summed E-state index contributed by atoms with van der Waals surface area (Å²) in [4.78, 5) is 15.8. The normalized spacial score (nSPS) is 12.9. The largest absolute Gasteiger partial charge is 0.416 e. The van der Waals surface area contributed by atoms with Crippen molar-refractivity contribution in [2.75, 3.05) is 0 Å². The zero-order chi connectivity index (χ0) is 19.6. The zero-order valence-corrected chi connectivity index (χ0v) is 14.3. The molecule has 0 unspecified atom stereocenters. The van der Waals surface area contributed by atoms with Crippen LogP contribution in [0, 0.1) is 0 Å². The maximum absolute atomic E-state index is 12.6. The molecule has 0 fully saturated rings. The smallest absolute Gasteiger partial charge is 0.388 e. The Morgan fingerprint density at radius 1 is 1.22 bits per heavy atom. The highest BCUT2D eigenvalue weighted by Crippen LogP contribution is 2.30. The average Bonchev–Trinajstić information content (AvgIpc) is 3.05. The van der Waals surface area contributed by atoms with Crippen LogP contribution in [0.15, 0.2) is 45.8 Å². The Labute approximate surface area is 155 Å². The number of halogens is 4. The molecule has 0 saturated carbocycles. The van der Waals surface area contributed by atoms with Gasteiger partial charge in [-0.15, -0.1) is 0 Å². The minimum absolute atomic E-state index is 0.0116. The Kier molecular flexibility index (Phi) is 5.29. The molecule has 0 aliphatic heterocycles. The predicted molar refractivity (Wildman–Crippen MR) is 87.0 cm³/mol. The van der Waals surface area contributed by atoms with E-state index < -0.39 is 23.4 Å². The van der Waals surface area contributed by atoms with Gasteiger partial charge in [-0.3, -0.25) is 4.79 Å². The molecule has 2 heterocycles. The molecule has 0 saturated heterocycles. The van der Waals surface area contributed by atoms with Gasteiger partial charge in [-0.05, 0) is 23.8 Å². The highest BCUT2D eigenvalue weighted by molar-refractivity contribution is 6.30. The van der Waals surface area contributed by atoms with Crippen LogP contribution in [0.25, 0.3) is 0 Å². The van der Waals surface area contributed by atoms with Crippen LogP contribution in [0.3, 0.4) is 0 Å². The minimum Gasteiger partial charge on any atom is -0.388 e. The Morgan fingerprint density at radius 3 is 2.59 bits per heavy atom. The van der Waals surface area contributed by atoms with Gasteiger partial charge in [-0.1, -0.05) is 28.9 Å². The third kappa shape index (κ3) is 4.52. The van der Waals surface area contributed by atoms with Crippen molar-refractivity contribution >= 4 is 11.6 Å². The molecule has 1 aromatic carbocycles. The van der Waals surface area contributed by atoms with Crippen LogP contribution in [0.2, 0.25) is 5.02 Å². The SMILES string of the molecule is O=c1c(Cl)ccnn1Cc1nc(C[C@H](O)c2ccc(C(F)(F)F)cc2)no1. The van der Waals surface area contributed by atoms with Crippen LogP contribution in [-0.4, -0.2) is 25.0 Å². The number of aliphatic hydroxyl groups excluding tert-OH is 1. The fraction of sp³-hybridized carbons (Fsp3) is 0.250. The molecule has 7 nitrogen and oxygen atoms in total. The summed E-state index contributed by atoms with van der Waals surface area (Å²) >= 11 is 5.72. The number of hydrogen-bond donors (Lipinski definition) is 1. The molecule has 142 valence electrons. The molecular weight excluding hydrogens is 389 g/mol. The molecule has 11 heteroatoms. The summed E-state index contributed by atoms with van der Waals surface area (Å²) in [5, 5.41) is 17.7. The number of rotatable bonds is 5.